The van der Waals surface area contributed by atoms with E-state index in [2.05, 4.69) is 17.0 Å². The third kappa shape index (κ3) is 4.66. The van der Waals surface area contributed by atoms with E-state index in [1.165, 1.54) is 32.4 Å². The van der Waals surface area contributed by atoms with Crippen molar-refractivity contribution in [3.05, 3.63) is 60.2 Å². The average Bonchev–Trinajstić information content (AvgIpc) is 3.09. The average molecular weight is 383 g/mol. The van der Waals surface area contributed by atoms with Crippen molar-refractivity contribution >= 4 is 17.7 Å². The number of benzene rings is 2. The molecule has 27 heavy (non-hydrogen) atoms. The zero-order chi connectivity index (χ0) is 18.5. The summed E-state index contributed by atoms with van der Waals surface area (Å²) in [7, 11) is 0. The zero-order valence-electron chi connectivity index (χ0n) is 15.5. The number of ether oxygens (including phenoxy) is 1. The predicted molar refractivity (Wildman–Crippen MR) is 110 cm³/mol. The fourth-order valence-electron chi connectivity index (χ4n) is 3.76. The van der Waals surface area contributed by atoms with Gasteiger partial charge in [0.05, 0.1) is 5.75 Å². The molecule has 2 aliphatic rings. The number of amides is 1. The van der Waals surface area contributed by atoms with E-state index in [1.54, 1.807) is 11.8 Å². The van der Waals surface area contributed by atoms with Gasteiger partial charge in [-0.15, -0.1) is 11.8 Å². The van der Waals surface area contributed by atoms with Crippen LogP contribution in [0.2, 0.25) is 0 Å². The van der Waals surface area contributed by atoms with E-state index in [9.17, 15) is 4.79 Å². The molecule has 2 aliphatic heterocycles. The molecule has 0 aliphatic carbocycles. The molecule has 2 aromatic carbocycles. The largest absolute Gasteiger partial charge is 0.457 e. The number of hydrogen-bond acceptors (Lipinski definition) is 4. The lowest BCUT2D eigenvalue weighted by atomic mass is 10.1. The Labute approximate surface area is 165 Å². The molecule has 4 nitrogen and oxygen atoms in total. The van der Waals surface area contributed by atoms with Crippen LogP contribution >= 0.6 is 11.8 Å². The topological polar surface area (TPSA) is 32.8 Å². The Morgan fingerprint density at radius 2 is 1.70 bits per heavy atom. The van der Waals surface area contributed by atoms with Crippen LogP contribution in [0.3, 0.4) is 0 Å². The number of piperidine rings is 1. The first-order valence-corrected chi connectivity index (χ1v) is 10.8. The van der Waals surface area contributed by atoms with Crippen LogP contribution < -0.4 is 4.74 Å². The smallest absolute Gasteiger partial charge is 0.233 e. The van der Waals surface area contributed by atoms with Gasteiger partial charge in [-0.25, -0.2) is 0 Å². The number of carbonyl (C=O) groups excluding carboxylic acids is 1. The van der Waals surface area contributed by atoms with Crippen molar-refractivity contribution in [1.82, 2.24) is 9.80 Å². The van der Waals surface area contributed by atoms with Crippen LogP contribution in [0.4, 0.5) is 0 Å². The van der Waals surface area contributed by atoms with Crippen molar-refractivity contribution in [2.75, 3.05) is 31.9 Å². The van der Waals surface area contributed by atoms with Crippen molar-refractivity contribution < 1.29 is 9.53 Å². The minimum atomic E-state index is 0.0848. The Balaban J connectivity index is 1.44. The Bertz CT molecular complexity index is 762. The van der Waals surface area contributed by atoms with Crippen LogP contribution in [0.5, 0.6) is 11.5 Å². The van der Waals surface area contributed by atoms with Gasteiger partial charge in [-0.05, 0) is 55.8 Å². The van der Waals surface area contributed by atoms with Crippen LogP contribution in [-0.4, -0.2) is 47.6 Å². The standard InChI is InChI=1S/C22H26N2O2S/c25-21-17-27-22(24(21)15-14-23-12-5-2-6-13-23)18-8-7-11-20(16-18)26-19-9-3-1-4-10-19/h1,3-4,7-11,16,22H,2,5-6,12-15,17H2. The number of hydrogen-bond donors (Lipinski definition) is 0. The Hall–Kier alpha value is -1.98. The van der Waals surface area contributed by atoms with Crippen molar-refractivity contribution in [3.8, 4) is 11.5 Å². The maximum atomic E-state index is 12.5. The van der Waals surface area contributed by atoms with Gasteiger partial charge in [0.2, 0.25) is 5.91 Å². The highest BCUT2D eigenvalue weighted by Gasteiger charge is 2.33. The molecular formula is C22H26N2O2S. The predicted octanol–water partition coefficient (Wildman–Crippen LogP) is 4.54. The van der Waals surface area contributed by atoms with Crippen molar-refractivity contribution in [3.63, 3.8) is 0 Å². The third-order valence-electron chi connectivity index (χ3n) is 5.20. The molecule has 2 saturated heterocycles. The van der Waals surface area contributed by atoms with Crippen LogP contribution in [0.25, 0.3) is 0 Å². The minimum absolute atomic E-state index is 0.0848. The number of thioether (sulfide) groups is 1. The van der Waals surface area contributed by atoms with E-state index < -0.39 is 0 Å². The van der Waals surface area contributed by atoms with Crippen molar-refractivity contribution in [2.45, 2.75) is 24.6 Å². The van der Waals surface area contributed by atoms with Gasteiger partial charge in [-0.1, -0.05) is 36.8 Å². The first-order chi connectivity index (χ1) is 13.3. The normalized spacial score (nSPS) is 20.8. The van der Waals surface area contributed by atoms with Gasteiger partial charge in [-0.3, -0.25) is 4.79 Å². The van der Waals surface area contributed by atoms with E-state index in [0.717, 1.165) is 30.2 Å². The molecule has 0 bridgehead atoms. The second kappa shape index (κ2) is 8.81. The fraction of sp³-hybridized carbons (Fsp3) is 0.409. The van der Waals surface area contributed by atoms with Crippen LogP contribution in [0.1, 0.15) is 30.2 Å². The summed E-state index contributed by atoms with van der Waals surface area (Å²) in [5.74, 6) is 2.45. The van der Waals surface area contributed by atoms with Gasteiger partial charge in [0.25, 0.3) is 0 Å². The summed E-state index contributed by atoms with van der Waals surface area (Å²) in [6.07, 6.45) is 3.90. The molecule has 142 valence electrons. The van der Waals surface area contributed by atoms with E-state index in [0.29, 0.717) is 5.75 Å². The number of likely N-dealkylation sites (tertiary alicyclic amines) is 1. The van der Waals surface area contributed by atoms with E-state index in [4.69, 9.17) is 4.74 Å². The highest BCUT2D eigenvalue weighted by molar-refractivity contribution is 8.00. The molecule has 1 atom stereocenters. The maximum Gasteiger partial charge on any atom is 0.233 e. The molecule has 2 heterocycles. The van der Waals surface area contributed by atoms with Crippen LogP contribution in [0.15, 0.2) is 54.6 Å². The first-order valence-electron chi connectivity index (χ1n) is 9.76. The summed E-state index contributed by atoms with van der Waals surface area (Å²) in [5, 5.41) is 0.0848. The summed E-state index contributed by atoms with van der Waals surface area (Å²) in [6.45, 7) is 4.11. The number of nitrogens with zero attached hydrogens (tertiary/aromatic N) is 2. The summed E-state index contributed by atoms with van der Waals surface area (Å²) < 4.78 is 5.97. The lowest BCUT2D eigenvalue weighted by molar-refractivity contribution is -0.128. The summed E-state index contributed by atoms with van der Waals surface area (Å²) in [6, 6.07) is 18.0. The molecule has 0 spiro atoms. The number of rotatable bonds is 6. The third-order valence-corrected chi connectivity index (χ3v) is 6.45. The molecule has 1 unspecified atom stereocenters. The molecule has 0 saturated carbocycles. The van der Waals surface area contributed by atoms with E-state index in [-0.39, 0.29) is 11.3 Å². The molecule has 0 radical (unpaired) electrons. The summed E-state index contributed by atoms with van der Waals surface area (Å²) in [4.78, 5) is 17.0. The number of para-hydroxylation sites is 1. The van der Waals surface area contributed by atoms with E-state index >= 15 is 0 Å². The fourth-order valence-corrected chi connectivity index (χ4v) is 4.97. The first kappa shape index (κ1) is 18.4. The lowest BCUT2D eigenvalue weighted by Crippen LogP contribution is -2.39. The van der Waals surface area contributed by atoms with Gasteiger partial charge in [-0.2, -0.15) is 0 Å². The molecule has 1 amide bonds. The minimum Gasteiger partial charge on any atom is -0.457 e. The molecule has 5 heteroatoms. The molecule has 0 aromatic heterocycles. The molecular weight excluding hydrogens is 356 g/mol. The van der Waals surface area contributed by atoms with Gasteiger partial charge >= 0.3 is 0 Å². The van der Waals surface area contributed by atoms with E-state index in [1.807, 2.05) is 47.4 Å². The Morgan fingerprint density at radius 1 is 0.926 bits per heavy atom. The molecule has 4 rings (SSSR count). The van der Waals surface area contributed by atoms with Gasteiger partial charge in [0.15, 0.2) is 0 Å². The zero-order valence-corrected chi connectivity index (χ0v) is 16.4. The highest BCUT2D eigenvalue weighted by atomic mass is 32.2. The van der Waals surface area contributed by atoms with Crippen LogP contribution in [0, 0.1) is 0 Å². The Kier molecular flexibility index (Phi) is 6.00. The molecule has 2 aromatic rings. The monoisotopic (exact) mass is 382 g/mol. The van der Waals surface area contributed by atoms with Gasteiger partial charge in [0.1, 0.15) is 16.9 Å². The van der Waals surface area contributed by atoms with Crippen molar-refractivity contribution in [1.29, 1.82) is 0 Å². The Morgan fingerprint density at radius 3 is 2.52 bits per heavy atom. The van der Waals surface area contributed by atoms with Gasteiger partial charge < -0.3 is 14.5 Å². The van der Waals surface area contributed by atoms with Crippen molar-refractivity contribution in [2.24, 2.45) is 0 Å². The molecule has 2 fully saturated rings. The summed E-state index contributed by atoms with van der Waals surface area (Å²) in [5.41, 5.74) is 1.14. The number of carbonyl (C=O) groups is 1. The van der Waals surface area contributed by atoms with Gasteiger partial charge in [0, 0.05) is 13.1 Å². The quantitative estimate of drug-likeness (QED) is 0.734. The second-order valence-electron chi connectivity index (χ2n) is 7.14. The maximum absolute atomic E-state index is 12.5. The SMILES string of the molecule is O=C1CSC(c2cccc(Oc3ccccc3)c2)N1CCN1CCCCC1. The summed E-state index contributed by atoms with van der Waals surface area (Å²) >= 11 is 1.72. The van der Waals surface area contributed by atoms with Crippen LogP contribution in [-0.2, 0) is 4.79 Å². The highest BCUT2D eigenvalue weighted by Crippen LogP contribution is 2.39. The molecule has 0 N–H and O–H groups in total. The second-order valence-corrected chi connectivity index (χ2v) is 8.21. The lowest BCUT2D eigenvalue weighted by Gasteiger charge is -2.30.